The molecule has 3 aromatic rings. The zero-order valence-electron chi connectivity index (χ0n) is 19.8. The van der Waals surface area contributed by atoms with Crippen molar-refractivity contribution in [3.8, 4) is 5.75 Å². The molecule has 1 fully saturated rings. The Labute approximate surface area is 200 Å². The Morgan fingerprint density at radius 1 is 1.14 bits per heavy atom. The highest BCUT2D eigenvalue weighted by Gasteiger charge is 2.54. The number of rotatable bonds is 6. The molecule has 0 spiro atoms. The van der Waals surface area contributed by atoms with Crippen molar-refractivity contribution in [2.45, 2.75) is 51.2 Å². The topological polar surface area (TPSA) is 60.8 Å². The van der Waals surface area contributed by atoms with Crippen molar-refractivity contribution in [1.29, 1.82) is 0 Å². The average molecular weight is 489 g/mol. The van der Waals surface area contributed by atoms with Gasteiger partial charge >= 0.3 is 12.1 Å². The molecule has 0 N–H and O–H groups in total. The van der Waals surface area contributed by atoms with Crippen LogP contribution in [0.2, 0.25) is 0 Å². The summed E-state index contributed by atoms with van der Waals surface area (Å²) in [6.07, 6.45) is -4.70. The van der Waals surface area contributed by atoms with Crippen LogP contribution >= 0.6 is 0 Å². The molecule has 2 atom stereocenters. The summed E-state index contributed by atoms with van der Waals surface area (Å²) < 4.78 is 52.6. The lowest BCUT2D eigenvalue weighted by Gasteiger charge is -2.35. The number of methoxy groups -OCH3 is 1. The number of carbonyl (C=O) groups excluding carboxylic acids is 1. The van der Waals surface area contributed by atoms with Gasteiger partial charge < -0.3 is 18.9 Å². The number of halogens is 3. The van der Waals surface area contributed by atoms with Gasteiger partial charge in [-0.25, -0.2) is 0 Å². The second-order valence-electron chi connectivity index (χ2n) is 8.64. The van der Waals surface area contributed by atoms with Crippen LogP contribution in [0.3, 0.4) is 0 Å². The van der Waals surface area contributed by atoms with E-state index in [9.17, 15) is 22.8 Å². The van der Waals surface area contributed by atoms with Gasteiger partial charge in [0.1, 0.15) is 18.0 Å². The molecule has 1 aromatic heterocycles. The molecule has 0 bridgehead atoms. The predicted molar refractivity (Wildman–Crippen MR) is 125 cm³/mol. The van der Waals surface area contributed by atoms with E-state index in [0.717, 1.165) is 21.4 Å². The molecule has 35 heavy (non-hydrogen) atoms. The highest BCUT2D eigenvalue weighted by Crippen LogP contribution is 2.43. The monoisotopic (exact) mass is 488 g/mol. The van der Waals surface area contributed by atoms with Crippen LogP contribution in [-0.4, -0.2) is 41.2 Å². The van der Waals surface area contributed by atoms with Gasteiger partial charge in [0.2, 0.25) is 0 Å². The van der Waals surface area contributed by atoms with Gasteiger partial charge in [-0.1, -0.05) is 18.2 Å². The number of aryl methyl sites for hydroxylation is 1. The molecule has 4 rings (SSSR count). The van der Waals surface area contributed by atoms with Gasteiger partial charge in [-0.05, 0) is 60.7 Å². The maximum atomic E-state index is 13.0. The van der Waals surface area contributed by atoms with Crippen molar-refractivity contribution in [3.05, 3.63) is 76.1 Å². The minimum absolute atomic E-state index is 0.0514. The third kappa shape index (κ3) is 4.52. The van der Waals surface area contributed by atoms with E-state index in [2.05, 4.69) is 0 Å². The number of hydrogen-bond donors (Lipinski definition) is 0. The lowest BCUT2D eigenvalue weighted by atomic mass is 9.86. The van der Waals surface area contributed by atoms with Crippen molar-refractivity contribution in [2.75, 3.05) is 13.7 Å². The minimum atomic E-state index is -4.94. The van der Waals surface area contributed by atoms with Crippen LogP contribution in [0.15, 0.2) is 59.4 Å². The normalized spacial score (nSPS) is 20.4. The number of pyridine rings is 1. The number of benzene rings is 2. The smallest absolute Gasteiger partial charge is 0.471 e. The lowest BCUT2D eigenvalue weighted by molar-refractivity contribution is -0.188. The molecular weight excluding hydrogens is 461 g/mol. The first-order chi connectivity index (χ1) is 16.6. The third-order valence-electron chi connectivity index (χ3n) is 6.83. The number of amides is 1. The summed E-state index contributed by atoms with van der Waals surface area (Å²) in [6.45, 7) is 4.27. The second kappa shape index (κ2) is 9.37. The van der Waals surface area contributed by atoms with Gasteiger partial charge in [-0.15, -0.1) is 0 Å². The van der Waals surface area contributed by atoms with E-state index in [1.807, 2.05) is 25.1 Å². The minimum Gasteiger partial charge on any atom is -0.489 e. The van der Waals surface area contributed by atoms with Crippen molar-refractivity contribution in [2.24, 2.45) is 0 Å². The van der Waals surface area contributed by atoms with Gasteiger partial charge in [0, 0.05) is 32.7 Å². The molecule has 1 aliphatic rings. The van der Waals surface area contributed by atoms with Crippen LogP contribution in [-0.2, 0) is 28.3 Å². The molecule has 186 valence electrons. The molecule has 2 heterocycles. The Morgan fingerprint density at radius 3 is 2.60 bits per heavy atom. The quantitative estimate of drug-likeness (QED) is 0.508. The molecule has 9 heteroatoms. The lowest BCUT2D eigenvalue weighted by Crippen LogP contribution is -2.48. The maximum absolute atomic E-state index is 13.0. The third-order valence-corrected chi connectivity index (χ3v) is 6.83. The van der Waals surface area contributed by atoms with Gasteiger partial charge in [-0.3, -0.25) is 9.59 Å². The average Bonchev–Trinajstić information content (AvgIpc) is 3.18. The van der Waals surface area contributed by atoms with E-state index in [1.165, 1.54) is 7.11 Å². The number of fused-ring (bicyclic) bond motifs is 1. The first-order valence-electron chi connectivity index (χ1n) is 11.4. The molecule has 6 nitrogen and oxygen atoms in total. The Balaban J connectivity index is 1.55. The number of aromatic nitrogens is 1. The van der Waals surface area contributed by atoms with Gasteiger partial charge in [0.25, 0.3) is 5.56 Å². The van der Waals surface area contributed by atoms with Crippen LogP contribution in [0.5, 0.6) is 5.75 Å². The van der Waals surface area contributed by atoms with Crippen LogP contribution in [0.1, 0.15) is 31.4 Å². The molecule has 0 saturated carbocycles. The molecular formula is C26H27F3N2O4. The van der Waals surface area contributed by atoms with Crippen molar-refractivity contribution in [1.82, 2.24) is 9.47 Å². The van der Waals surface area contributed by atoms with E-state index in [4.69, 9.17) is 9.47 Å². The van der Waals surface area contributed by atoms with E-state index in [1.54, 1.807) is 47.9 Å². The number of nitrogens with zero attached hydrogens (tertiary/aromatic N) is 2. The zero-order chi connectivity index (χ0) is 25.4. The van der Waals surface area contributed by atoms with E-state index in [0.29, 0.717) is 17.9 Å². The maximum Gasteiger partial charge on any atom is 0.471 e. The number of carbonyl (C=O) groups is 1. The van der Waals surface area contributed by atoms with E-state index >= 15 is 0 Å². The molecule has 2 unspecified atom stereocenters. The molecule has 0 aliphatic carbocycles. The van der Waals surface area contributed by atoms with Gasteiger partial charge in [0.15, 0.2) is 0 Å². The zero-order valence-corrected chi connectivity index (χ0v) is 19.8. The first kappa shape index (κ1) is 24.8. The van der Waals surface area contributed by atoms with Crippen LogP contribution in [0.4, 0.5) is 13.2 Å². The molecule has 2 aromatic carbocycles. The summed E-state index contributed by atoms with van der Waals surface area (Å²) in [6, 6.07) is 15.3. The SMILES string of the molecule is CCn1c(=O)ccc2cc(COc3cccc(C4(OC)CCN(C(=O)C(F)(F)F)C4C)c3)ccc21. The Morgan fingerprint density at radius 2 is 1.91 bits per heavy atom. The Bertz CT molecular complexity index is 1300. The number of alkyl halides is 3. The largest absolute Gasteiger partial charge is 0.489 e. The molecule has 0 radical (unpaired) electrons. The summed E-state index contributed by atoms with van der Waals surface area (Å²) in [5.41, 5.74) is 1.27. The molecule has 1 amide bonds. The summed E-state index contributed by atoms with van der Waals surface area (Å²) in [5, 5.41) is 0.925. The van der Waals surface area contributed by atoms with Crippen molar-refractivity contribution < 1.29 is 27.4 Å². The van der Waals surface area contributed by atoms with Crippen LogP contribution in [0, 0.1) is 0 Å². The predicted octanol–water partition coefficient (Wildman–Crippen LogP) is 4.63. The second-order valence-corrected chi connectivity index (χ2v) is 8.64. The van der Waals surface area contributed by atoms with Gasteiger partial charge in [0.05, 0.1) is 11.6 Å². The van der Waals surface area contributed by atoms with E-state index in [-0.39, 0.29) is 25.1 Å². The first-order valence-corrected chi connectivity index (χ1v) is 11.4. The summed E-state index contributed by atoms with van der Waals surface area (Å²) >= 11 is 0. The highest BCUT2D eigenvalue weighted by atomic mass is 19.4. The van der Waals surface area contributed by atoms with Gasteiger partial charge in [-0.2, -0.15) is 13.2 Å². The highest BCUT2D eigenvalue weighted by molar-refractivity contribution is 5.82. The number of ether oxygens (including phenoxy) is 2. The fraction of sp³-hybridized carbons (Fsp3) is 0.385. The van der Waals surface area contributed by atoms with Crippen molar-refractivity contribution in [3.63, 3.8) is 0 Å². The summed E-state index contributed by atoms with van der Waals surface area (Å²) in [5.74, 6) is -1.33. The van der Waals surface area contributed by atoms with Crippen molar-refractivity contribution >= 4 is 16.8 Å². The fourth-order valence-electron chi connectivity index (χ4n) is 4.94. The summed E-state index contributed by atoms with van der Waals surface area (Å²) in [7, 11) is 1.44. The fourth-order valence-corrected chi connectivity index (χ4v) is 4.94. The van der Waals surface area contributed by atoms with E-state index < -0.39 is 23.7 Å². The Hall–Kier alpha value is -3.33. The van der Waals surface area contributed by atoms with Crippen LogP contribution < -0.4 is 10.3 Å². The molecule has 1 aliphatic heterocycles. The number of hydrogen-bond acceptors (Lipinski definition) is 4. The Kier molecular flexibility index (Phi) is 6.64. The number of likely N-dealkylation sites (tertiary alicyclic amines) is 1. The standard InChI is InChI=1S/C26H27F3N2O4/c1-4-30-22-10-8-18(14-19(22)9-11-23(30)32)16-35-21-7-5-6-20(15-21)25(34-3)12-13-31(17(25)2)24(33)26(27,28)29/h5-11,14-15,17H,4,12-13,16H2,1-3H3. The summed E-state index contributed by atoms with van der Waals surface area (Å²) in [4.78, 5) is 24.7. The van der Waals surface area contributed by atoms with Crippen LogP contribution in [0.25, 0.3) is 10.9 Å². The molecule has 1 saturated heterocycles.